The number of benzene rings is 1. The second-order valence-electron chi connectivity index (χ2n) is 5.52. The molecule has 0 bridgehead atoms. The summed E-state index contributed by atoms with van der Waals surface area (Å²) < 4.78 is 0. The number of carbonyl (C=O) groups is 1. The summed E-state index contributed by atoms with van der Waals surface area (Å²) in [6.45, 7) is 4.69. The van der Waals surface area contributed by atoms with Gasteiger partial charge in [0.15, 0.2) is 0 Å². The van der Waals surface area contributed by atoms with Crippen LogP contribution in [0.4, 0.5) is 0 Å². The summed E-state index contributed by atoms with van der Waals surface area (Å²) in [6, 6.07) is 8.41. The van der Waals surface area contributed by atoms with Crippen molar-refractivity contribution in [1.29, 1.82) is 0 Å². The lowest BCUT2D eigenvalue weighted by molar-refractivity contribution is -0.121. The summed E-state index contributed by atoms with van der Waals surface area (Å²) in [5, 5.41) is 3.22. The molecule has 1 saturated carbocycles. The van der Waals surface area contributed by atoms with Gasteiger partial charge in [-0.15, -0.1) is 0 Å². The van der Waals surface area contributed by atoms with E-state index in [2.05, 4.69) is 29.6 Å². The Labute approximate surface area is 109 Å². The first-order valence-corrected chi connectivity index (χ1v) is 6.69. The van der Waals surface area contributed by atoms with Crippen LogP contribution >= 0.6 is 0 Å². The highest BCUT2D eigenvalue weighted by atomic mass is 16.1. The fourth-order valence-corrected chi connectivity index (χ4v) is 2.22. The van der Waals surface area contributed by atoms with Crippen molar-refractivity contribution in [2.75, 3.05) is 0 Å². The van der Waals surface area contributed by atoms with Gasteiger partial charge >= 0.3 is 0 Å². The van der Waals surface area contributed by atoms with Crippen molar-refractivity contribution in [3.63, 3.8) is 0 Å². The number of hydrogen-bond acceptors (Lipinski definition) is 2. The molecule has 0 aliphatic heterocycles. The Hall–Kier alpha value is -1.35. The maximum atomic E-state index is 11.3. The highest BCUT2D eigenvalue weighted by molar-refractivity contribution is 5.80. The highest BCUT2D eigenvalue weighted by Gasteiger charge is 2.23. The van der Waals surface area contributed by atoms with Crippen LogP contribution in [0.25, 0.3) is 0 Å². The van der Waals surface area contributed by atoms with Crippen molar-refractivity contribution in [1.82, 2.24) is 5.32 Å². The molecule has 3 nitrogen and oxygen atoms in total. The fourth-order valence-electron chi connectivity index (χ4n) is 2.22. The first-order chi connectivity index (χ1) is 8.58. The van der Waals surface area contributed by atoms with Crippen molar-refractivity contribution in [2.45, 2.75) is 45.2 Å². The lowest BCUT2D eigenvalue weighted by atomic mass is 10.0. The minimum absolute atomic E-state index is 0.216. The Morgan fingerprint density at radius 1 is 1.33 bits per heavy atom. The van der Waals surface area contributed by atoms with E-state index in [1.165, 1.54) is 24.0 Å². The largest absolute Gasteiger partial charge is 0.368 e. The molecule has 1 atom stereocenters. The van der Waals surface area contributed by atoms with Gasteiger partial charge in [-0.25, -0.2) is 0 Å². The summed E-state index contributed by atoms with van der Waals surface area (Å²) in [7, 11) is 0. The van der Waals surface area contributed by atoms with Crippen molar-refractivity contribution in [2.24, 2.45) is 11.7 Å². The standard InChI is InChI=1S/C15H22N2O/c1-10(2)14(15(16)18)17-9-11-3-5-12(6-4-11)13-7-8-13/h3-6,10,13-14,17H,7-9H2,1-2H3,(H2,16,18). The van der Waals surface area contributed by atoms with Gasteiger partial charge in [-0.1, -0.05) is 38.1 Å². The van der Waals surface area contributed by atoms with Crippen molar-refractivity contribution >= 4 is 5.91 Å². The fraction of sp³-hybridized carbons (Fsp3) is 0.533. The molecule has 3 heteroatoms. The van der Waals surface area contributed by atoms with Gasteiger partial charge in [0.1, 0.15) is 0 Å². The van der Waals surface area contributed by atoms with Crippen LogP contribution in [0.5, 0.6) is 0 Å². The molecular formula is C15H22N2O. The smallest absolute Gasteiger partial charge is 0.234 e. The number of amides is 1. The third kappa shape index (κ3) is 3.33. The van der Waals surface area contributed by atoms with E-state index >= 15 is 0 Å². The van der Waals surface area contributed by atoms with E-state index in [1.54, 1.807) is 0 Å². The lowest BCUT2D eigenvalue weighted by Gasteiger charge is -2.19. The highest BCUT2D eigenvalue weighted by Crippen LogP contribution is 2.39. The second kappa shape index (κ2) is 5.53. The minimum atomic E-state index is -0.278. The number of carbonyl (C=O) groups excluding carboxylic acids is 1. The van der Waals surface area contributed by atoms with Gasteiger partial charge in [-0.2, -0.15) is 0 Å². The Morgan fingerprint density at radius 2 is 1.94 bits per heavy atom. The second-order valence-corrected chi connectivity index (χ2v) is 5.52. The van der Waals surface area contributed by atoms with Crippen LogP contribution in [0.1, 0.15) is 43.7 Å². The van der Waals surface area contributed by atoms with Crippen LogP contribution in [0.15, 0.2) is 24.3 Å². The zero-order chi connectivity index (χ0) is 13.1. The molecule has 0 saturated heterocycles. The lowest BCUT2D eigenvalue weighted by Crippen LogP contribution is -2.44. The zero-order valence-electron chi connectivity index (χ0n) is 11.1. The van der Waals surface area contributed by atoms with E-state index in [1.807, 2.05) is 13.8 Å². The van der Waals surface area contributed by atoms with Gasteiger partial charge in [0.05, 0.1) is 6.04 Å². The molecule has 0 radical (unpaired) electrons. The number of nitrogens with one attached hydrogen (secondary N) is 1. The summed E-state index contributed by atoms with van der Waals surface area (Å²) in [4.78, 5) is 11.3. The summed E-state index contributed by atoms with van der Waals surface area (Å²) in [6.07, 6.45) is 2.66. The molecule has 1 aromatic carbocycles. The number of rotatable bonds is 6. The van der Waals surface area contributed by atoms with Crippen molar-refractivity contribution < 1.29 is 4.79 Å². The van der Waals surface area contributed by atoms with E-state index in [0.29, 0.717) is 6.54 Å². The molecule has 1 unspecified atom stereocenters. The maximum Gasteiger partial charge on any atom is 0.234 e. The Balaban J connectivity index is 1.90. The molecule has 1 aromatic rings. The Kier molecular flexibility index (Phi) is 4.02. The van der Waals surface area contributed by atoms with Gasteiger partial charge in [-0.3, -0.25) is 4.79 Å². The molecule has 98 valence electrons. The molecule has 1 fully saturated rings. The third-order valence-electron chi connectivity index (χ3n) is 3.53. The number of primary amides is 1. The van der Waals surface area contributed by atoms with E-state index in [9.17, 15) is 4.79 Å². The molecule has 0 heterocycles. The molecule has 3 N–H and O–H groups in total. The monoisotopic (exact) mass is 246 g/mol. The van der Waals surface area contributed by atoms with Gasteiger partial charge in [-0.05, 0) is 35.8 Å². The molecule has 0 aromatic heterocycles. The average molecular weight is 246 g/mol. The van der Waals surface area contributed by atoms with Gasteiger partial charge in [0.25, 0.3) is 0 Å². The summed E-state index contributed by atoms with van der Waals surface area (Å²) in [5.74, 6) is 0.730. The van der Waals surface area contributed by atoms with Gasteiger partial charge < -0.3 is 11.1 Å². The predicted molar refractivity (Wildman–Crippen MR) is 73.1 cm³/mol. The van der Waals surface area contributed by atoms with Crippen LogP contribution in [-0.4, -0.2) is 11.9 Å². The normalized spacial score (nSPS) is 16.8. The molecule has 1 aliphatic rings. The average Bonchev–Trinajstić information content (AvgIpc) is 3.13. The third-order valence-corrected chi connectivity index (χ3v) is 3.53. The SMILES string of the molecule is CC(C)C(NCc1ccc(C2CC2)cc1)C(N)=O. The zero-order valence-corrected chi connectivity index (χ0v) is 11.1. The summed E-state index contributed by atoms with van der Waals surface area (Å²) in [5.41, 5.74) is 8.01. The van der Waals surface area contributed by atoms with Crippen LogP contribution in [-0.2, 0) is 11.3 Å². The topological polar surface area (TPSA) is 55.1 Å². The minimum Gasteiger partial charge on any atom is -0.368 e. The Bertz CT molecular complexity index is 407. The molecule has 1 aliphatic carbocycles. The first-order valence-electron chi connectivity index (χ1n) is 6.69. The first kappa shape index (κ1) is 13.1. The Morgan fingerprint density at radius 3 is 2.39 bits per heavy atom. The van der Waals surface area contributed by atoms with E-state index in [0.717, 1.165) is 5.92 Å². The molecule has 18 heavy (non-hydrogen) atoms. The molecule has 1 amide bonds. The van der Waals surface area contributed by atoms with Crippen LogP contribution in [0.2, 0.25) is 0 Å². The number of hydrogen-bond donors (Lipinski definition) is 2. The van der Waals surface area contributed by atoms with Crippen LogP contribution in [0, 0.1) is 5.92 Å². The summed E-state index contributed by atoms with van der Waals surface area (Å²) >= 11 is 0. The van der Waals surface area contributed by atoms with E-state index in [4.69, 9.17) is 5.73 Å². The van der Waals surface area contributed by atoms with Crippen LogP contribution < -0.4 is 11.1 Å². The molecule has 0 spiro atoms. The quantitative estimate of drug-likeness (QED) is 0.808. The van der Waals surface area contributed by atoms with Crippen molar-refractivity contribution in [3.05, 3.63) is 35.4 Å². The van der Waals surface area contributed by atoms with E-state index in [-0.39, 0.29) is 17.9 Å². The van der Waals surface area contributed by atoms with Crippen LogP contribution in [0.3, 0.4) is 0 Å². The van der Waals surface area contributed by atoms with Crippen molar-refractivity contribution in [3.8, 4) is 0 Å². The molecule has 2 rings (SSSR count). The number of nitrogens with two attached hydrogens (primary N) is 1. The van der Waals surface area contributed by atoms with Gasteiger partial charge in [0, 0.05) is 6.54 Å². The van der Waals surface area contributed by atoms with Gasteiger partial charge in [0.2, 0.25) is 5.91 Å². The van der Waals surface area contributed by atoms with E-state index < -0.39 is 0 Å². The predicted octanol–water partition coefficient (Wildman–Crippen LogP) is 2.16. The maximum absolute atomic E-state index is 11.3. The molecular weight excluding hydrogens is 224 g/mol.